The Kier molecular flexibility index (Phi) is 5.90. The van der Waals surface area contributed by atoms with E-state index in [-0.39, 0.29) is 11.7 Å². The Morgan fingerprint density at radius 2 is 2.12 bits per heavy atom. The van der Waals surface area contributed by atoms with E-state index in [0.717, 1.165) is 61.1 Å². The number of nitrogens with one attached hydrogen (secondary N) is 1. The van der Waals surface area contributed by atoms with Crippen molar-refractivity contribution in [1.82, 2.24) is 29.0 Å². The number of nitrogens with zero attached hydrogens (tertiary/aromatic N) is 5. The molecular formula is C24H30N6O3. The fourth-order valence-electron chi connectivity index (χ4n) is 5.00. The zero-order chi connectivity index (χ0) is 22.9. The van der Waals surface area contributed by atoms with E-state index in [1.54, 1.807) is 18.7 Å². The second kappa shape index (κ2) is 8.99. The molecule has 9 nitrogen and oxygen atoms in total. The lowest BCUT2D eigenvalue weighted by Gasteiger charge is -2.33. The number of hydrogen-bond acceptors (Lipinski definition) is 6. The first kappa shape index (κ1) is 21.7. The summed E-state index contributed by atoms with van der Waals surface area (Å²) in [4.78, 5) is 22.8. The zero-order valence-corrected chi connectivity index (χ0v) is 19.4. The number of imidazole rings is 1. The average Bonchev–Trinajstić information content (AvgIpc) is 3.44. The lowest BCUT2D eigenvalue weighted by Crippen LogP contribution is -2.40. The summed E-state index contributed by atoms with van der Waals surface area (Å²) in [6.45, 7) is 5.64. The fraction of sp³-hybridized carbons (Fsp3) is 0.458. The summed E-state index contributed by atoms with van der Waals surface area (Å²) in [6, 6.07) is 6.37. The third-order valence-corrected chi connectivity index (χ3v) is 6.65. The van der Waals surface area contributed by atoms with Gasteiger partial charge in [0.15, 0.2) is 11.4 Å². The van der Waals surface area contributed by atoms with E-state index in [2.05, 4.69) is 39.0 Å². The molecule has 1 aromatic carbocycles. The molecule has 1 aliphatic heterocycles. The average molecular weight is 451 g/mol. The van der Waals surface area contributed by atoms with Crippen LogP contribution in [0.15, 0.2) is 35.5 Å². The Morgan fingerprint density at radius 1 is 1.24 bits per heavy atom. The third-order valence-electron chi connectivity index (χ3n) is 6.65. The third kappa shape index (κ3) is 3.91. The molecule has 1 unspecified atom stereocenters. The molecular weight excluding hydrogens is 420 g/mol. The molecule has 5 rings (SSSR count). The van der Waals surface area contributed by atoms with Crippen LogP contribution >= 0.6 is 0 Å². The van der Waals surface area contributed by atoms with Crippen LogP contribution in [0, 0.1) is 0 Å². The number of fused-ring (bicyclic) bond motifs is 2. The molecule has 1 saturated heterocycles. The lowest BCUT2D eigenvalue weighted by molar-refractivity contribution is 0.117. The number of piperidine rings is 1. The summed E-state index contributed by atoms with van der Waals surface area (Å²) in [5, 5.41) is 4.29. The summed E-state index contributed by atoms with van der Waals surface area (Å²) in [5.74, 6) is 0.663. The predicted octanol–water partition coefficient (Wildman–Crippen LogP) is 2.89. The van der Waals surface area contributed by atoms with Gasteiger partial charge in [0.05, 0.1) is 30.8 Å². The minimum absolute atomic E-state index is 0.0490. The van der Waals surface area contributed by atoms with E-state index in [4.69, 9.17) is 9.47 Å². The summed E-state index contributed by atoms with van der Waals surface area (Å²) in [7, 11) is 3.36. The van der Waals surface area contributed by atoms with Gasteiger partial charge in [-0.1, -0.05) is 6.92 Å². The molecule has 9 heteroatoms. The molecule has 33 heavy (non-hydrogen) atoms. The SMILES string of the molecule is CCc1cc2c(cc1-c1cc(OC)c3ncnn3c1)[nH]c(=O)n2C1CCCN(CCOC)C1. The van der Waals surface area contributed by atoms with Crippen molar-refractivity contribution in [2.75, 3.05) is 40.5 Å². The van der Waals surface area contributed by atoms with E-state index in [1.807, 2.05) is 16.8 Å². The first-order chi connectivity index (χ1) is 16.1. The summed E-state index contributed by atoms with van der Waals surface area (Å²) >= 11 is 0. The van der Waals surface area contributed by atoms with Gasteiger partial charge in [-0.15, -0.1) is 0 Å². The van der Waals surface area contributed by atoms with Gasteiger partial charge in [0.25, 0.3) is 0 Å². The molecule has 4 heterocycles. The van der Waals surface area contributed by atoms with Crippen molar-refractivity contribution in [2.45, 2.75) is 32.2 Å². The normalized spacial score (nSPS) is 17.2. The van der Waals surface area contributed by atoms with E-state index in [0.29, 0.717) is 18.0 Å². The van der Waals surface area contributed by atoms with Crippen molar-refractivity contribution < 1.29 is 9.47 Å². The van der Waals surface area contributed by atoms with Gasteiger partial charge in [-0.3, -0.25) is 9.47 Å². The number of benzene rings is 1. The van der Waals surface area contributed by atoms with Crippen molar-refractivity contribution in [1.29, 1.82) is 0 Å². The van der Waals surface area contributed by atoms with Crippen LogP contribution in [0.1, 0.15) is 31.4 Å². The topological polar surface area (TPSA) is 89.7 Å². The largest absolute Gasteiger partial charge is 0.493 e. The molecule has 0 spiro atoms. The Morgan fingerprint density at radius 3 is 2.91 bits per heavy atom. The van der Waals surface area contributed by atoms with Gasteiger partial charge in [-0.25, -0.2) is 14.3 Å². The number of aryl methyl sites for hydroxylation is 1. The highest BCUT2D eigenvalue weighted by molar-refractivity contribution is 5.85. The predicted molar refractivity (Wildman–Crippen MR) is 127 cm³/mol. The van der Waals surface area contributed by atoms with Crippen LogP contribution in [0.2, 0.25) is 0 Å². The number of hydrogen-bond donors (Lipinski definition) is 1. The van der Waals surface area contributed by atoms with Crippen LogP contribution in [-0.4, -0.2) is 69.5 Å². The monoisotopic (exact) mass is 450 g/mol. The highest BCUT2D eigenvalue weighted by Gasteiger charge is 2.25. The van der Waals surface area contributed by atoms with Gasteiger partial charge in [0, 0.05) is 32.0 Å². The first-order valence-electron chi connectivity index (χ1n) is 11.5. The molecule has 1 aliphatic rings. The van der Waals surface area contributed by atoms with Crippen molar-refractivity contribution in [3.8, 4) is 16.9 Å². The van der Waals surface area contributed by atoms with Gasteiger partial charge in [-0.2, -0.15) is 5.10 Å². The molecule has 174 valence electrons. The van der Waals surface area contributed by atoms with Crippen LogP contribution in [-0.2, 0) is 11.2 Å². The zero-order valence-electron chi connectivity index (χ0n) is 19.4. The minimum Gasteiger partial charge on any atom is -0.493 e. The maximum absolute atomic E-state index is 13.1. The van der Waals surface area contributed by atoms with Gasteiger partial charge < -0.3 is 14.5 Å². The first-order valence-corrected chi connectivity index (χ1v) is 11.5. The fourth-order valence-corrected chi connectivity index (χ4v) is 5.00. The second-order valence-electron chi connectivity index (χ2n) is 8.60. The molecule has 0 amide bonds. The van der Waals surface area contributed by atoms with Gasteiger partial charge in [0.1, 0.15) is 6.33 Å². The van der Waals surface area contributed by atoms with E-state index in [9.17, 15) is 4.79 Å². The number of methoxy groups -OCH3 is 2. The Bertz CT molecular complexity index is 1340. The molecule has 1 N–H and O–H groups in total. The summed E-state index contributed by atoms with van der Waals surface area (Å²) in [6.07, 6.45) is 6.38. The van der Waals surface area contributed by atoms with Crippen LogP contribution < -0.4 is 10.4 Å². The van der Waals surface area contributed by atoms with E-state index < -0.39 is 0 Å². The van der Waals surface area contributed by atoms with Crippen LogP contribution in [0.5, 0.6) is 5.75 Å². The molecule has 3 aromatic heterocycles. The number of aromatic amines is 1. The maximum atomic E-state index is 13.1. The van der Waals surface area contributed by atoms with Crippen molar-refractivity contribution in [3.05, 3.63) is 46.8 Å². The Hall–Kier alpha value is -3.17. The number of likely N-dealkylation sites (tertiary alicyclic amines) is 1. The van der Waals surface area contributed by atoms with Crippen LogP contribution in [0.25, 0.3) is 27.8 Å². The van der Waals surface area contributed by atoms with Crippen molar-refractivity contribution in [2.24, 2.45) is 0 Å². The molecule has 0 saturated carbocycles. The van der Waals surface area contributed by atoms with Gasteiger partial charge in [0.2, 0.25) is 0 Å². The smallest absolute Gasteiger partial charge is 0.326 e. The summed E-state index contributed by atoms with van der Waals surface area (Å²) < 4.78 is 14.5. The molecule has 0 aliphatic carbocycles. The number of rotatable bonds is 7. The number of aromatic nitrogens is 5. The molecule has 1 fully saturated rings. The highest BCUT2D eigenvalue weighted by Crippen LogP contribution is 2.33. The highest BCUT2D eigenvalue weighted by atomic mass is 16.5. The van der Waals surface area contributed by atoms with Crippen molar-refractivity contribution in [3.63, 3.8) is 0 Å². The molecule has 4 aromatic rings. The number of ether oxygens (including phenoxy) is 2. The Labute approximate surface area is 191 Å². The molecule has 1 atom stereocenters. The Balaban J connectivity index is 1.58. The van der Waals surface area contributed by atoms with Gasteiger partial charge in [-0.05, 0) is 55.1 Å². The van der Waals surface area contributed by atoms with Crippen LogP contribution in [0.3, 0.4) is 0 Å². The van der Waals surface area contributed by atoms with Crippen molar-refractivity contribution >= 4 is 16.7 Å². The summed E-state index contributed by atoms with van der Waals surface area (Å²) in [5.41, 5.74) is 5.64. The number of pyridine rings is 1. The lowest BCUT2D eigenvalue weighted by atomic mass is 9.97. The molecule has 0 radical (unpaired) electrons. The van der Waals surface area contributed by atoms with Gasteiger partial charge >= 0.3 is 5.69 Å². The second-order valence-corrected chi connectivity index (χ2v) is 8.60. The maximum Gasteiger partial charge on any atom is 0.326 e. The van der Waals surface area contributed by atoms with E-state index in [1.165, 1.54) is 11.9 Å². The van der Waals surface area contributed by atoms with Crippen LogP contribution in [0.4, 0.5) is 0 Å². The standard InChI is InChI=1S/C24H30N6O3/c1-4-16-10-21-20(12-19(16)17-11-22(33-3)23-25-15-26-29(23)13-17)27-24(31)30(21)18-6-5-7-28(14-18)8-9-32-2/h10-13,15,18H,4-9,14H2,1-3H3,(H,27,31). The van der Waals surface area contributed by atoms with E-state index >= 15 is 0 Å². The molecule has 0 bridgehead atoms. The quantitative estimate of drug-likeness (QED) is 0.466. The minimum atomic E-state index is -0.0490. The number of H-pyrrole nitrogens is 1.